The number of alkyl halides is 3. The minimum Gasteiger partial charge on any atom is -0.396 e. The second-order valence-electron chi connectivity index (χ2n) is 12.6. The second kappa shape index (κ2) is 12.1. The molecule has 2 unspecified atom stereocenters. The minimum absolute atomic E-state index is 0.0648. The summed E-state index contributed by atoms with van der Waals surface area (Å²) in [6.07, 6.45) is -2.52. The third-order valence-electron chi connectivity index (χ3n) is 7.59. The summed E-state index contributed by atoms with van der Waals surface area (Å²) in [5.74, 6) is 0. The quantitative estimate of drug-likeness (QED) is 0.168. The van der Waals surface area contributed by atoms with Gasteiger partial charge in [0.05, 0.1) is 17.8 Å². The number of aromatic nitrogens is 2. The van der Waals surface area contributed by atoms with Crippen LogP contribution in [0.15, 0.2) is 66.9 Å². The number of benzene rings is 3. The van der Waals surface area contributed by atoms with Gasteiger partial charge in [-0.3, -0.25) is 5.10 Å². The highest BCUT2D eigenvalue weighted by Crippen LogP contribution is 2.52. The smallest absolute Gasteiger partial charge is 0.396 e. The molecular weight excluding hydrogens is 586 g/mol. The highest BCUT2D eigenvalue weighted by molar-refractivity contribution is 6.30. The van der Waals surface area contributed by atoms with E-state index in [9.17, 15) is 18.3 Å². The molecule has 0 bridgehead atoms. The van der Waals surface area contributed by atoms with Crippen molar-refractivity contribution in [1.82, 2.24) is 10.2 Å². The summed E-state index contributed by atoms with van der Waals surface area (Å²) in [6, 6.07) is 16.4. The molecule has 3 aromatic carbocycles. The first kappa shape index (κ1) is 32.1. The Morgan fingerprint density at radius 3 is 2.38 bits per heavy atom. The Hall–Kier alpha value is -2.78. The molecule has 10 heteroatoms. The molecule has 5 nitrogen and oxygen atoms in total. The van der Waals surface area contributed by atoms with E-state index < -0.39 is 29.7 Å². The normalized spacial score (nSPS) is 20.3. The molecule has 0 aliphatic heterocycles. The topological polar surface area (TPSA) is 81.2 Å². The SMILES string of the molecule is CC(C)(CO)Cc1cccc(Cl)c1.CC1(C)Cc2cc(Cl)ccc2C(Nc2cccc3[nH]ncc23)C(O)(C(F)(F)F)C1. The van der Waals surface area contributed by atoms with Crippen molar-refractivity contribution in [3.63, 3.8) is 0 Å². The van der Waals surface area contributed by atoms with Crippen molar-refractivity contribution in [3.8, 4) is 0 Å². The molecule has 0 saturated carbocycles. The number of nitrogens with one attached hydrogen (secondary N) is 2. The molecule has 5 rings (SSSR count). The van der Waals surface area contributed by atoms with Crippen LogP contribution in [-0.4, -0.2) is 38.8 Å². The second-order valence-corrected chi connectivity index (χ2v) is 13.5. The average molecular weight is 623 g/mol. The van der Waals surface area contributed by atoms with Gasteiger partial charge in [0.2, 0.25) is 0 Å². The van der Waals surface area contributed by atoms with Gasteiger partial charge in [-0.25, -0.2) is 0 Å². The third-order valence-corrected chi connectivity index (χ3v) is 8.06. The average Bonchev–Trinajstić information content (AvgIpc) is 3.33. The zero-order valence-electron chi connectivity index (χ0n) is 24.0. The Balaban J connectivity index is 0.000000262. The molecule has 1 aliphatic rings. The van der Waals surface area contributed by atoms with E-state index in [1.165, 1.54) is 5.56 Å². The lowest BCUT2D eigenvalue weighted by molar-refractivity contribution is -0.275. The summed E-state index contributed by atoms with van der Waals surface area (Å²) in [4.78, 5) is 0. The molecule has 4 N–H and O–H groups in total. The van der Waals surface area contributed by atoms with Gasteiger partial charge in [-0.05, 0) is 83.2 Å². The van der Waals surface area contributed by atoms with Crippen LogP contribution in [0, 0.1) is 10.8 Å². The molecule has 226 valence electrons. The molecule has 1 aromatic heterocycles. The van der Waals surface area contributed by atoms with Crippen LogP contribution in [0.25, 0.3) is 10.9 Å². The first-order valence-electron chi connectivity index (χ1n) is 13.6. The minimum atomic E-state index is -4.84. The van der Waals surface area contributed by atoms with E-state index >= 15 is 0 Å². The van der Waals surface area contributed by atoms with Gasteiger partial charge in [0, 0.05) is 27.7 Å². The van der Waals surface area contributed by atoms with Crippen molar-refractivity contribution < 1.29 is 23.4 Å². The lowest BCUT2D eigenvalue weighted by atomic mass is 9.76. The summed E-state index contributed by atoms with van der Waals surface area (Å²) < 4.78 is 42.9. The molecule has 0 radical (unpaired) electrons. The van der Waals surface area contributed by atoms with Crippen LogP contribution in [0.5, 0.6) is 0 Å². The van der Waals surface area contributed by atoms with Gasteiger partial charge in [0.25, 0.3) is 0 Å². The number of hydrogen-bond donors (Lipinski definition) is 4. The molecule has 4 aromatic rings. The predicted octanol–water partition coefficient (Wildman–Crippen LogP) is 8.54. The van der Waals surface area contributed by atoms with Crippen molar-refractivity contribution in [1.29, 1.82) is 0 Å². The fourth-order valence-corrected chi connectivity index (χ4v) is 6.05. The summed E-state index contributed by atoms with van der Waals surface area (Å²) in [6.45, 7) is 7.72. The molecule has 2 atom stereocenters. The van der Waals surface area contributed by atoms with Gasteiger partial charge in [0.15, 0.2) is 5.60 Å². The molecule has 1 heterocycles. The molecule has 1 aliphatic carbocycles. The number of fused-ring (bicyclic) bond motifs is 2. The Bertz CT molecular complexity index is 1540. The van der Waals surface area contributed by atoms with Gasteiger partial charge in [-0.15, -0.1) is 0 Å². The predicted molar refractivity (Wildman–Crippen MR) is 163 cm³/mol. The number of nitrogens with zero attached hydrogens (tertiary/aromatic N) is 1. The van der Waals surface area contributed by atoms with E-state index in [1.54, 1.807) is 56.4 Å². The molecule has 0 spiro atoms. The Kier molecular flexibility index (Phi) is 9.24. The number of H-pyrrole nitrogens is 1. The number of hydrogen-bond acceptors (Lipinski definition) is 4. The molecule has 0 saturated heterocycles. The molecule has 0 amide bonds. The Morgan fingerprint density at radius 2 is 1.71 bits per heavy atom. The Labute approximate surface area is 254 Å². The van der Waals surface area contributed by atoms with E-state index in [2.05, 4.69) is 15.5 Å². The lowest BCUT2D eigenvalue weighted by Crippen LogP contribution is -2.54. The van der Waals surface area contributed by atoms with Crippen LogP contribution >= 0.6 is 23.2 Å². The van der Waals surface area contributed by atoms with E-state index in [0.29, 0.717) is 39.2 Å². The maximum Gasteiger partial charge on any atom is 0.419 e. The molecule has 42 heavy (non-hydrogen) atoms. The van der Waals surface area contributed by atoms with Gasteiger partial charge < -0.3 is 15.5 Å². The first-order valence-corrected chi connectivity index (χ1v) is 14.4. The van der Waals surface area contributed by atoms with Crippen LogP contribution < -0.4 is 5.32 Å². The zero-order valence-corrected chi connectivity index (χ0v) is 25.5. The van der Waals surface area contributed by atoms with E-state index in [-0.39, 0.29) is 12.0 Å². The van der Waals surface area contributed by atoms with Crippen molar-refractivity contribution in [3.05, 3.63) is 93.6 Å². The highest BCUT2D eigenvalue weighted by Gasteiger charge is 2.62. The van der Waals surface area contributed by atoms with Crippen LogP contribution in [0.1, 0.15) is 56.8 Å². The largest absolute Gasteiger partial charge is 0.419 e. The van der Waals surface area contributed by atoms with Crippen molar-refractivity contribution in [2.75, 3.05) is 11.9 Å². The lowest BCUT2D eigenvalue weighted by Gasteiger charge is -2.41. The maximum atomic E-state index is 14.3. The summed E-state index contributed by atoms with van der Waals surface area (Å²) in [5, 5.41) is 31.9. The van der Waals surface area contributed by atoms with Gasteiger partial charge in [-0.2, -0.15) is 18.3 Å². The number of anilines is 1. The van der Waals surface area contributed by atoms with E-state index in [1.807, 2.05) is 38.1 Å². The first-order chi connectivity index (χ1) is 19.5. The summed E-state index contributed by atoms with van der Waals surface area (Å²) >= 11 is 12.0. The monoisotopic (exact) mass is 621 g/mol. The third kappa shape index (κ3) is 7.22. The fraction of sp³-hybridized carbons (Fsp3) is 0.406. The Morgan fingerprint density at radius 1 is 1.02 bits per heavy atom. The van der Waals surface area contributed by atoms with Crippen molar-refractivity contribution in [2.45, 2.75) is 64.8 Å². The number of rotatable bonds is 5. The standard InChI is InChI=1S/C21H21ClF3N3O.C11H15ClO/c1-19(2)9-12-8-13(22)6-7-14(12)18(20(29,11-19)21(23,24)25)27-16-4-3-5-17-15(16)10-26-28-17;1-11(2,8-13)7-9-4-3-5-10(12)6-9/h3-8,10,18,27,29H,9,11H2,1-2H3,(H,26,28);3-6,13H,7-8H2,1-2H3. The number of halogens is 5. The number of aliphatic hydroxyl groups excluding tert-OH is 1. The van der Waals surface area contributed by atoms with Crippen LogP contribution in [0.3, 0.4) is 0 Å². The highest BCUT2D eigenvalue weighted by atomic mass is 35.5. The van der Waals surface area contributed by atoms with Gasteiger partial charge in [-0.1, -0.05) is 75.2 Å². The van der Waals surface area contributed by atoms with Crippen LogP contribution in [0.2, 0.25) is 10.0 Å². The summed E-state index contributed by atoms with van der Waals surface area (Å²) in [7, 11) is 0. The van der Waals surface area contributed by atoms with Crippen molar-refractivity contribution in [2.24, 2.45) is 10.8 Å². The van der Waals surface area contributed by atoms with Gasteiger partial charge >= 0.3 is 6.18 Å². The van der Waals surface area contributed by atoms with Crippen LogP contribution in [0.4, 0.5) is 18.9 Å². The van der Waals surface area contributed by atoms with Crippen LogP contribution in [-0.2, 0) is 12.8 Å². The van der Waals surface area contributed by atoms with Gasteiger partial charge in [0.1, 0.15) is 0 Å². The van der Waals surface area contributed by atoms with E-state index in [0.717, 1.165) is 11.4 Å². The molecular formula is C32H36Cl2F3N3O2. The number of aromatic amines is 1. The zero-order chi connectivity index (χ0) is 30.9. The molecule has 0 fully saturated rings. The summed E-state index contributed by atoms with van der Waals surface area (Å²) in [5.41, 5.74) is -0.416. The van der Waals surface area contributed by atoms with E-state index in [4.69, 9.17) is 28.3 Å². The fourth-order valence-electron chi connectivity index (χ4n) is 5.64. The number of aliphatic hydroxyl groups is 2. The maximum absolute atomic E-state index is 14.3. The van der Waals surface area contributed by atoms with Crippen molar-refractivity contribution >= 4 is 39.8 Å².